The fourth-order valence-electron chi connectivity index (χ4n) is 2.31. The molecule has 1 aliphatic carbocycles. The highest BCUT2D eigenvalue weighted by Gasteiger charge is 2.31. The Labute approximate surface area is 130 Å². The second kappa shape index (κ2) is 7.56. The van der Waals surface area contributed by atoms with Gasteiger partial charge in [-0.2, -0.15) is 0 Å². The van der Waals surface area contributed by atoms with E-state index < -0.39 is 6.10 Å². The molecular formula is C16H23FN2O3. The molecule has 1 atom stereocenters. The zero-order valence-electron chi connectivity index (χ0n) is 13.0. The Morgan fingerprint density at radius 3 is 2.91 bits per heavy atom. The van der Waals surface area contributed by atoms with Crippen molar-refractivity contribution in [3.63, 3.8) is 0 Å². The SMILES string of the molecule is COCc1cc(CNC(=O)N(C)CC(O)C2CC2)ccc1F. The number of aliphatic hydroxyl groups is 1. The molecule has 0 heterocycles. The molecule has 2 N–H and O–H groups in total. The van der Waals surface area contributed by atoms with Gasteiger partial charge >= 0.3 is 6.03 Å². The van der Waals surface area contributed by atoms with Gasteiger partial charge in [-0.3, -0.25) is 0 Å². The summed E-state index contributed by atoms with van der Waals surface area (Å²) < 4.78 is 18.4. The zero-order valence-corrected chi connectivity index (χ0v) is 13.0. The van der Waals surface area contributed by atoms with Gasteiger partial charge in [0.15, 0.2) is 0 Å². The van der Waals surface area contributed by atoms with Crippen LogP contribution in [0.4, 0.5) is 9.18 Å². The van der Waals surface area contributed by atoms with E-state index in [9.17, 15) is 14.3 Å². The number of rotatable bonds is 7. The van der Waals surface area contributed by atoms with Crippen LogP contribution in [0.25, 0.3) is 0 Å². The molecule has 1 unspecified atom stereocenters. The smallest absolute Gasteiger partial charge is 0.317 e. The van der Waals surface area contributed by atoms with Crippen LogP contribution in [-0.4, -0.2) is 42.8 Å². The molecule has 122 valence electrons. The molecule has 0 bridgehead atoms. The van der Waals surface area contributed by atoms with E-state index in [4.69, 9.17) is 4.74 Å². The van der Waals surface area contributed by atoms with Gasteiger partial charge < -0.3 is 20.1 Å². The van der Waals surface area contributed by atoms with Crippen LogP contribution in [-0.2, 0) is 17.9 Å². The van der Waals surface area contributed by atoms with Crippen molar-refractivity contribution in [3.05, 3.63) is 35.1 Å². The number of hydrogen-bond acceptors (Lipinski definition) is 3. The Morgan fingerprint density at radius 2 is 2.27 bits per heavy atom. The van der Waals surface area contributed by atoms with Crippen molar-refractivity contribution in [3.8, 4) is 0 Å². The quantitative estimate of drug-likeness (QED) is 0.808. The lowest BCUT2D eigenvalue weighted by Gasteiger charge is -2.21. The number of nitrogens with one attached hydrogen (secondary N) is 1. The van der Waals surface area contributed by atoms with Gasteiger partial charge in [0.2, 0.25) is 0 Å². The number of hydrogen-bond donors (Lipinski definition) is 2. The number of urea groups is 1. The third kappa shape index (κ3) is 4.68. The number of aliphatic hydroxyl groups excluding tert-OH is 1. The lowest BCUT2D eigenvalue weighted by atomic mass is 10.1. The van der Waals surface area contributed by atoms with Gasteiger partial charge in [-0.15, -0.1) is 0 Å². The molecule has 5 nitrogen and oxygen atoms in total. The van der Waals surface area contributed by atoms with Crippen LogP contribution >= 0.6 is 0 Å². The van der Waals surface area contributed by atoms with E-state index in [0.717, 1.165) is 18.4 Å². The minimum Gasteiger partial charge on any atom is -0.391 e. The van der Waals surface area contributed by atoms with Crippen molar-refractivity contribution in [2.75, 3.05) is 20.7 Å². The molecule has 1 saturated carbocycles. The Kier molecular flexibility index (Phi) is 5.74. The summed E-state index contributed by atoms with van der Waals surface area (Å²) in [4.78, 5) is 13.5. The fourth-order valence-corrected chi connectivity index (χ4v) is 2.31. The van der Waals surface area contributed by atoms with E-state index in [2.05, 4.69) is 5.32 Å². The maximum atomic E-state index is 13.5. The number of likely N-dealkylation sites (N-methyl/N-ethyl adjacent to an activating group) is 1. The average Bonchev–Trinajstić information content (AvgIpc) is 3.32. The molecule has 6 heteroatoms. The van der Waals surface area contributed by atoms with Gasteiger partial charge in [0, 0.05) is 32.8 Å². The largest absolute Gasteiger partial charge is 0.391 e. The van der Waals surface area contributed by atoms with Gasteiger partial charge in [0.25, 0.3) is 0 Å². The average molecular weight is 310 g/mol. The molecular weight excluding hydrogens is 287 g/mol. The van der Waals surface area contributed by atoms with Gasteiger partial charge in [0.1, 0.15) is 5.82 Å². The maximum Gasteiger partial charge on any atom is 0.317 e. The summed E-state index contributed by atoms with van der Waals surface area (Å²) in [6, 6.07) is 4.43. The summed E-state index contributed by atoms with van der Waals surface area (Å²) in [5.41, 5.74) is 1.27. The summed E-state index contributed by atoms with van der Waals surface area (Å²) >= 11 is 0. The minimum atomic E-state index is -0.449. The van der Waals surface area contributed by atoms with Crippen molar-refractivity contribution in [1.82, 2.24) is 10.2 Å². The first-order valence-electron chi connectivity index (χ1n) is 7.44. The molecule has 0 radical (unpaired) electrons. The van der Waals surface area contributed by atoms with E-state index >= 15 is 0 Å². The summed E-state index contributed by atoms with van der Waals surface area (Å²) in [6.07, 6.45) is 1.62. The van der Waals surface area contributed by atoms with Crippen LogP contribution in [0.3, 0.4) is 0 Å². The third-order valence-electron chi connectivity index (χ3n) is 3.83. The molecule has 1 aromatic rings. The number of carbonyl (C=O) groups is 1. The Hall–Kier alpha value is -1.66. The van der Waals surface area contributed by atoms with E-state index in [1.165, 1.54) is 18.1 Å². The number of methoxy groups -OCH3 is 1. The number of amides is 2. The summed E-state index contributed by atoms with van der Waals surface area (Å²) in [7, 11) is 3.16. The first-order valence-corrected chi connectivity index (χ1v) is 7.44. The van der Waals surface area contributed by atoms with E-state index in [1.54, 1.807) is 19.2 Å². The van der Waals surface area contributed by atoms with E-state index in [1.807, 2.05) is 0 Å². The number of nitrogens with zero attached hydrogens (tertiary/aromatic N) is 1. The summed E-state index contributed by atoms with van der Waals surface area (Å²) in [6.45, 7) is 0.829. The molecule has 1 aromatic carbocycles. The number of benzene rings is 1. The highest BCUT2D eigenvalue weighted by atomic mass is 19.1. The summed E-state index contributed by atoms with van der Waals surface area (Å²) in [5.74, 6) is 0.0190. The first kappa shape index (κ1) is 16.7. The monoisotopic (exact) mass is 310 g/mol. The highest BCUT2D eigenvalue weighted by Crippen LogP contribution is 2.32. The normalized spacial score (nSPS) is 15.5. The predicted octanol–water partition coefficient (Wildman–Crippen LogP) is 1.88. The molecule has 0 saturated heterocycles. The third-order valence-corrected chi connectivity index (χ3v) is 3.83. The van der Waals surface area contributed by atoms with Crippen LogP contribution in [0.15, 0.2) is 18.2 Å². The highest BCUT2D eigenvalue weighted by molar-refractivity contribution is 5.73. The molecule has 1 fully saturated rings. The summed E-state index contributed by atoms with van der Waals surface area (Å²) in [5, 5.41) is 12.6. The van der Waals surface area contributed by atoms with E-state index in [0.29, 0.717) is 24.6 Å². The number of halogens is 1. The van der Waals surface area contributed by atoms with Gasteiger partial charge in [0.05, 0.1) is 12.7 Å². The zero-order chi connectivity index (χ0) is 16.1. The van der Waals surface area contributed by atoms with Gasteiger partial charge in [-0.1, -0.05) is 6.07 Å². The predicted molar refractivity (Wildman–Crippen MR) is 80.7 cm³/mol. The molecule has 2 amide bonds. The lowest BCUT2D eigenvalue weighted by molar-refractivity contribution is 0.113. The van der Waals surface area contributed by atoms with Crippen molar-refractivity contribution >= 4 is 6.03 Å². The first-order chi connectivity index (χ1) is 10.5. The molecule has 2 rings (SSSR count). The standard InChI is InChI=1S/C16H23FN2O3/c1-19(9-15(20)12-4-5-12)16(21)18-8-11-3-6-14(17)13(7-11)10-22-2/h3,6-7,12,15,20H,4-5,8-10H2,1-2H3,(H,18,21). The fraction of sp³-hybridized carbons (Fsp3) is 0.562. The number of ether oxygens (including phenoxy) is 1. The Balaban J connectivity index is 1.83. The van der Waals surface area contributed by atoms with Crippen LogP contribution < -0.4 is 5.32 Å². The lowest BCUT2D eigenvalue weighted by Crippen LogP contribution is -2.41. The number of carbonyl (C=O) groups excluding carboxylic acids is 1. The van der Waals surface area contributed by atoms with E-state index in [-0.39, 0.29) is 18.5 Å². The van der Waals surface area contributed by atoms with Crippen LogP contribution in [0, 0.1) is 11.7 Å². The van der Waals surface area contributed by atoms with Gasteiger partial charge in [-0.05, 0) is 36.5 Å². The topological polar surface area (TPSA) is 61.8 Å². The Morgan fingerprint density at radius 1 is 1.55 bits per heavy atom. The van der Waals surface area contributed by atoms with Crippen molar-refractivity contribution in [1.29, 1.82) is 0 Å². The van der Waals surface area contributed by atoms with Crippen LogP contribution in [0.2, 0.25) is 0 Å². The van der Waals surface area contributed by atoms with Crippen molar-refractivity contribution < 1.29 is 19.0 Å². The Bertz CT molecular complexity index is 520. The van der Waals surface area contributed by atoms with Gasteiger partial charge in [-0.25, -0.2) is 9.18 Å². The maximum absolute atomic E-state index is 13.5. The second-order valence-corrected chi connectivity index (χ2v) is 5.80. The minimum absolute atomic E-state index is 0.196. The van der Waals surface area contributed by atoms with Crippen LogP contribution in [0.5, 0.6) is 0 Å². The van der Waals surface area contributed by atoms with Crippen molar-refractivity contribution in [2.24, 2.45) is 5.92 Å². The van der Waals surface area contributed by atoms with Crippen LogP contribution in [0.1, 0.15) is 24.0 Å². The molecule has 0 aromatic heterocycles. The molecule has 22 heavy (non-hydrogen) atoms. The second-order valence-electron chi connectivity index (χ2n) is 5.80. The molecule has 0 spiro atoms. The molecule has 0 aliphatic heterocycles. The van der Waals surface area contributed by atoms with Crippen molar-refractivity contribution in [2.45, 2.75) is 32.1 Å². The molecule has 1 aliphatic rings.